The molecule has 7 atom stereocenters. The van der Waals surface area contributed by atoms with E-state index >= 15 is 0 Å². The average molecular weight is 463 g/mol. The van der Waals surface area contributed by atoms with Crippen LogP contribution in [0.5, 0.6) is 0 Å². The van der Waals surface area contributed by atoms with Gasteiger partial charge < -0.3 is 20.1 Å². The van der Waals surface area contributed by atoms with Crippen molar-refractivity contribution in [2.75, 3.05) is 6.61 Å². The lowest BCUT2D eigenvalue weighted by molar-refractivity contribution is -0.184. The highest BCUT2D eigenvalue weighted by Crippen LogP contribution is 2.67. The highest BCUT2D eigenvalue weighted by atomic mass is 16.5. The summed E-state index contributed by atoms with van der Waals surface area (Å²) in [6.07, 6.45) is 4.30. The summed E-state index contributed by atoms with van der Waals surface area (Å²) in [4.78, 5) is 47.5. The minimum atomic E-state index is -1.71. The number of carboxylic acids is 1. The minimum Gasteiger partial charge on any atom is -0.481 e. The second-order valence-corrected chi connectivity index (χ2v) is 11.0. The van der Waals surface area contributed by atoms with Crippen molar-refractivity contribution >= 4 is 23.5 Å². The standard InChI is InChI=1S/C25H34O8/c1-23-9-7-15(26)11-14(23)3-4-16-17-8-10-25(32,24(17,2)12-18(27)22(16)23)19(28)13-33-21(31)6-5-20(29)30/h11,16-18,22,27,32H,3-10,12-13H2,1-2H3,(H,29,30)/t16?,17?,18?,22?,23-,24-,25-/m0/s1. The Morgan fingerprint density at radius 3 is 2.55 bits per heavy atom. The Morgan fingerprint density at radius 2 is 1.85 bits per heavy atom. The first kappa shape index (κ1) is 24.1. The van der Waals surface area contributed by atoms with Gasteiger partial charge in [0.15, 0.2) is 12.4 Å². The highest BCUT2D eigenvalue weighted by Gasteiger charge is 2.68. The molecule has 4 rings (SSSR count). The van der Waals surface area contributed by atoms with Crippen molar-refractivity contribution in [2.45, 2.75) is 83.3 Å². The zero-order valence-electron chi connectivity index (χ0n) is 19.3. The Hall–Kier alpha value is -2.06. The maximum atomic E-state index is 13.1. The van der Waals surface area contributed by atoms with Crippen molar-refractivity contribution in [3.05, 3.63) is 11.6 Å². The maximum Gasteiger partial charge on any atom is 0.306 e. The fourth-order valence-corrected chi connectivity index (χ4v) is 7.70. The molecule has 0 heterocycles. The van der Waals surface area contributed by atoms with Gasteiger partial charge in [0.05, 0.1) is 18.9 Å². The van der Waals surface area contributed by atoms with Gasteiger partial charge in [-0.15, -0.1) is 0 Å². The number of carbonyl (C=O) groups is 4. The van der Waals surface area contributed by atoms with Gasteiger partial charge in [0, 0.05) is 11.8 Å². The third-order valence-corrected chi connectivity index (χ3v) is 9.42. The average Bonchev–Trinajstić information content (AvgIpc) is 3.02. The number of aliphatic hydroxyl groups excluding tert-OH is 1. The number of aliphatic hydroxyl groups is 2. The maximum absolute atomic E-state index is 13.1. The molecule has 0 aliphatic heterocycles. The van der Waals surface area contributed by atoms with E-state index in [2.05, 4.69) is 6.92 Å². The molecule has 8 heteroatoms. The van der Waals surface area contributed by atoms with Crippen molar-refractivity contribution in [2.24, 2.45) is 28.6 Å². The van der Waals surface area contributed by atoms with E-state index in [9.17, 15) is 29.4 Å². The largest absolute Gasteiger partial charge is 0.481 e. The van der Waals surface area contributed by atoms with Crippen LogP contribution in [0, 0.1) is 28.6 Å². The number of ketones is 2. The van der Waals surface area contributed by atoms with E-state index < -0.39 is 41.4 Å². The van der Waals surface area contributed by atoms with Crippen LogP contribution in [-0.4, -0.2) is 57.1 Å². The topological polar surface area (TPSA) is 138 Å². The molecule has 8 nitrogen and oxygen atoms in total. The number of Topliss-reactive ketones (excluding diaryl/α,β-unsaturated/α-hetero) is 1. The fraction of sp³-hybridized carbons (Fsp3) is 0.760. The van der Waals surface area contributed by atoms with E-state index in [4.69, 9.17) is 9.84 Å². The number of allylic oxidation sites excluding steroid dienone is 1. The van der Waals surface area contributed by atoms with E-state index in [1.165, 1.54) is 0 Å². The third kappa shape index (κ3) is 3.75. The summed E-state index contributed by atoms with van der Waals surface area (Å²) in [7, 11) is 0. The first-order valence-corrected chi connectivity index (χ1v) is 12.0. The second-order valence-electron chi connectivity index (χ2n) is 11.0. The molecule has 3 saturated carbocycles. The molecule has 0 spiro atoms. The van der Waals surface area contributed by atoms with Crippen LogP contribution >= 0.6 is 0 Å². The van der Waals surface area contributed by atoms with Gasteiger partial charge in [0.2, 0.25) is 5.78 Å². The van der Waals surface area contributed by atoms with Crippen molar-refractivity contribution in [1.82, 2.24) is 0 Å². The van der Waals surface area contributed by atoms with E-state index in [1.807, 2.05) is 6.92 Å². The third-order valence-electron chi connectivity index (χ3n) is 9.42. The number of carboxylic acid groups (broad SMARTS) is 1. The zero-order chi connectivity index (χ0) is 24.2. The van der Waals surface area contributed by atoms with E-state index in [0.717, 1.165) is 24.8 Å². The molecular formula is C25H34O8. The molecule has 182 valence electrons. The van der Waals surface area contributed by atoms with Crippen molar-refractivity contribution in [1.29, 1.82) is 0 Å². The molecule has 3 fully saturated rings. The van der Waals surface area contributed by atoms with Gasteiger partial charge >= 0.3 is 11.9 Å². The molecule has 4 aliphatic carbocycles. The molecule has 4 aliphatic rings. The van der Waals surface area contributed by atoms with Crippen molar-refractivity contribution < 1.29 is 39.2 Å². The SMILES string of the molecule is C[C@]12CCC(=O)C=C1CCC1C2C(O)C[C@@]2(C)C1CC[C@]2(O)C(=O)COC(=O)CCC(=O)O. The Morgan fingerprint density at radius 1 is 1.12 bits per heavy atom. The summed E-state index contributed by atoms with van der Waals surface area (Å²) >= 11 is 0. The number of esters is 1. The number of carbonyl (C=O) groups excluding carboxylic acids is 3. The van der Waals surface area contributed by atoms with E-state index in [0.29, 0.717) is 12.8 Å². The van der Waals surface area contributed by atoms with Crippen LogP contribution in [0.15, 0.2) is 11.6 Å². The number of aliphatic carboxylic acids is 1. The molecule has 4 unspecified atom stereocenters. The molecule has 0 bridgehead atoms. The van der Waals surface area contributed by atoms with E-state index in [1.54, 1.807) is 6.08 Å². The lowest BCUT2D eigenvalue weighted by Crippen LogP contribution is -2.62. The molecule has 0 saturated heterocycles. The summed E-state index contributed by atoms with van der Waals surface area (Å²) in [5.74, 6) is -2.20. The molecule has 0 aromatic heterocycles. The van der Waals surface area contributed by atoms with Crippen LogP contribution in [-0.2, 0) is 23.9 Å². The summed E-state index contributed by atoms with van der Waals surface area (Å²) in [6.45, 7) is 3.41. The molecule has 3 N–H and O–H groups in total. The summed E-state index contributed by atoms with van der Waals surface area (Å²) in [5.41, 5.74) is -1.68. The van der Waals surface area contributed by atoms with Crippen LogP contribution in [0.25, 0.3) is 0 Å². The van der Waals surface area contributed by atoms with E-state index in [-0.39, 0.29) is 54.6 Å². The first-order valence-electron chi connectivity index (χ1n) is 12.0. The lowest BCUT2D eigenvalue weighted by Gasteiger charge is -2.60. The monoisotopic (exact) mass is 462 g/mol. The van der Waals surface area contributed by atoms with Crippen molar-refractivity contribution in [3.63, 3.8) is 0 Å². The lowest BCUT2D eigenvalue weighted by atomic mass is 9.45. The summed E-state index contributed by atoms with van der Waals surface area (Å²) in [5, 5.41) is 31.6. The smallest absolute Gasteiger partial charge is 0.306 e. The normalized spacial score (nSPS) is 41.9. The number of hydrogen-bond acceptors (Lipinski definition) is 7. The Bertz CT molecular complexity index is 908. The minimum absolute atomic E-state index is 0.0185. The predicted octanol–water partition coefficient (Wildman–Crippen LogP) is 2.20. The van der Waals surface area contributed by atoms with Gasteiger partial charge in [-0.05, 0) is 67.8 Å². The fourth-order valence-electron chi connectivity index (χ4n) is 7.70. The Balaban J connectivity index is 1.53. The Labute approximate surface area is 193 Å². The number of ether oxygens (including phenoxy) is 1. The van der Waals surface area contributed by atoms with Crippen molar-refractivity contribution in [3.8, 4) is 0 Å². The summed E-state index contributed by atoms with van der Waals surface area (Å²) < 4.78 is 4.97. The molecule has 0 amide bonds. The highest BCUT2D eigenvalue weighted by molar-refractivity contribution is 5.92. The quantitative estimate of drug-likeness (QED) is 0.511. The molecule has 33 heavy (non-hydrogen) atoms. The predicted molar refractivity (Wildman–Crippen MR) is 116 cm³/mol. The summed E-state index contributed by atoms with van der Waals surface area (Å²) in [6, 6.07) is 0. The number of rotatable bonds is 6. The van der Waals surface area contributed by atoms with Gasteiger partial charge in [-0.25, -0.2) is 0 Å². The van der Waals surface area contributed by atoms with Gasteiger partial charge in [0.1, 0.15) is 5.60 Å². The first-order chi connectivity index (χ1) is 15.4. The van der Waals surface area contributed by atoms with Gasteiger partial charge in [-0.3, -0.25) is 19.2 Å². The van der Waals surface area contributed by atoms with Crippen LogP contribution in [0.2, 0.25) is 0 Å². The Kier molecular flexibility index (Phi) is 6.06. The van der Waals surface area contributed by atoms with Gasteiger partial charge in [-0.1, -0.05) is 19.4 Å². The van der Waals surface area contributed by atoms with Crippen LogP contribution < -0.4 is 0 Å². The van der Waals surface area contributed by atoms with Crippen LogP contribution in [0.1, 0.15) is 71.6 Å². The molecular weight excluding hydrogens is 428 g/mol. The molecule has 0 aromatic rings. The van der Waals surface area contributed by atoms with Gasteiger partial charge in [0.25, 0.3) is 0 Å². The van der Waals surface area contributed by atoms with Crippen LogP contribution in [0.3, 0.4) is 0 Å². The van der Waals surface area contributed by atoms with Crippen LogP contribution in [0.4, 0.5) is 0 Å². The number of hydrogen-bond donors (Lipinski definition) is 3. The number of fused-ring (bicyclic) bond motifs is 5. The second kappa shape index (κ2) is 8.31. The van der Waals surface area contributed by atoms with Gasteiger partial charge in [-0.2, -0.15) is 0 Å². The molecule has 0 aromatic carbocycles. The molecule has 0 radical (unpaired) electrons. The zero-order valence-corrected chi connectivity index (χ0v) is 19.3.